The van der Waals surface area contributed by atoms with Crippen LogP contribution in [0.1, 0.15) is 17.5 Å². The Balaban J connectivity index is 2.05. The van der Waals surface area contributed by atoms with Crippen LogP contribution in [0, 0.1) is 0 Å². The lowest BCUT2D eigenvalue weighted by Crippen LogP contribution is -2.25. The van der Waals surface area contributed by atoms with E-state index in [0.29, 0.717) is 24.5 Å². The van der Waals surface area contributed by atoms with E-state index in [1.807, 2.05) is 6.07 Å². The highest BCUT2D eigenvalue weighted by Crippen LogP contribution is 2.19. The zero-order valence-corrected chi connectivity index (χ0v) is 11.2. The van der Waals surface area contributed by atoms with Crippen molar-refractivity contribution in [2.24, 2.45) is 0 Å². The second-order valence-electron chi connectivity index (χ2n) is 4.28. The van der Waals surface area contributed by atoms with Gasteiger partial charge in [-0.3, -0.25) is 0 Å². The fourth-order valence-corrected chi connectivity index (χ4v) is 3.07. The number of nitrogens with one attached hydrogen (secondary N) is 2. The molecule has 0 radical (unpaired) electrons. The van der Waals surface area contributed by atoms with Crippen LogP contribution >= 0.6 is 0 Å². The summed E-state index contributed by atoms with van der Waals surface area (Å²) in [5.41, 5.74) is 2.24. The van der Waals surface area contributed by atoms with Crippen molar-refractivity contribution in [3.8, 4) is 0 Å². The van der Waals surface area contributed by atoms with E-state index in [1.54, 1.807) is 19.2 Å². The molecular formula is C12H18N2O3S. The molecule has 2 rings (SSSR count). The molecule has 0 aliphatic carbocycles. The Kier molecular flexibility index (Phi) is 4.34. The molecule has 0 fully saturated rings. The minimum atomic E-state index is -3.40. The van der Waals surface area contributed by atoms with E-state index in [0.717, 1.165) is 18.7 Å². The Morgan fingerprint density at radius 1 is 1.33 bits per heavy atom. The van der Waals surface area contributed by atoms with Crippen molar-refractivity contribution in [1.29, 1.82) is 0 Å². The fourth-order valence-electron chi connectivity index (χ4n) is 1.94. The third-order valence-electron chi connectivity index (χ3n) is 2.94. The Morgan fingerprint density at radius 2 is 2.11 bits per heavy atom. The average Bonchev–Trinajstić information content (AvgIpc) is 2.82. The Morgan fingerprint density at radius 3 is 2.89 bits per heavy atom. The first-order chi connectivity index (χ1) is 8.63. The zero-order valence-electron chi connectivity index (χ0n) is 10.4. The maximum absolute atomic E-state index is 12.0. The van der Waals surface area contributed by atoms with Gasteiger partial charge in [-0.2, -0.15) is 0 Å². The Bertz CT molecular complexity index is 514. The summed E-state index contributed by atoms with van der Waals surface area (Å²) >= 11 is 0. The molecule has 0 amide bonds. The lowest BCUT2D eigenvalue weighted by molar-refractivity contribution is 0.196. The van der Waals surface area contributed by atoms with E-state index in [1.165, 1.54) is 5.56 Å². The van der Waals surface area contributed by atoms with Crippen LogP contribution in [-0.2, 0) is 27.8 Å². The second kappa shape index (κ2) is 5.79. The number of hydrogen-bond acceptors (Lipinski definition) is 4. The normalized spacial score (nSPS) is 14.7. The molecule has 1 aliphatic heterocycles. The monoisotopic (exact) mass is 270 g/mol. The van der Waals surface area contributed by atoms with Gasteiger partial charge in [-0.25, -0.2) is 13.1 Å². The van der Waals surface area contributed by atoms with E-state index in [9.17, 15) is 8.42 Å². The van der Waals surface area contributed by atoms with Crippen molar-refractivity contribution in [2.45, 2.75) is 24.4 Å². The summed E-state index contributed by atoms with van der Waals surface area (Å²) in [6.45, 7) is 2.50. The molecule has 18 heavy (non-hydrogen) atoms. The summed E-state index contributed by atoms with van der Waals surface area (Å²) in [6, 6.07) is 5.28. The number of rotatable bonds is 6. The average molecular weight is 270 g/mol. The fraction of sp³-hybridized carbons (Fsp3) is 0.500. The van der Waals surface area contributed by atoms with E-state index in [4.69, 9.17) is 4.74 Å². The highest BCUT2D eigenvalue weighted by atomic mass is 32.2. The zero-order chi connectivity index (χ0) is 13.0. The number of hydrogen-bond donors (Lipinski definition) is 2. The third-order valence-corrected chi connectivity index (χ3v) is 4.39. The molecule has 0 bridgehead atoms. The highest BCUT2D eigenvalue weighted by molar-refractivity contribution is 7.89. The smallest absolute Gasteiger partial charge is 0.240 e. The number of benzene rings is 1. The summed E-state index contributed by atoms with van der Waals surface area (Å²) < 4.78 is 31.5. The van der Waals surface area contributed by atoms with Gasteiger partial charge in [-0.05, 0) is 29.7 Å². The van der Waals surface area contributed by atoms with Gasteiger partial charge in [0.25, 0.3) is 0 Å². The lowest BCUT2D eigenvalue weighted by Gasteiger charge is -2.08. The van der Waals surface area contributed by atoms with Crippen molar-refractivity contribution >= 4 is 10.0 Å². The second-order valence-corrected chi connectivity index (χ2v) is 6.05. The molecule has 1 aromatic rings. The van der Waals surface area contributed by atoms with Gasteiger partial charge in [-0.15, -0.1) is 0 Å². The van der Waals surface area contributed by atoms with Crippen LogP contribution < -0.4 is 10.0 Å². The van der Waals surface area contributed by atoms with Gasteiger partial charge < -0.3 is 10.1 Å². The van der Waals surface area contributed by atoms with Gasteiger partial charge in [0.1, 0.15) is 0 Å². The molecule has 1 aliphatic rings. The first-order valence-electron chi connectivity index (χ1n) is 5.94. The number of fused-ring (bicyclic) bond motifs is 1. The molecule has 0 saturated carbocycles. The number of sulfonamides is 1. The van der Waals surface area contributed by atoms with Crippen molar-refractivity contribution in [3.05, 3.63) is 29.3 Å². The first-order valence-corrected chi connectivity index (χ1v) is 7.43. The molecule has 0 aromatic heterocycles. The van der Waals surface area contributed by atoms with Gasteiger partial charge >= 0.3 is 0 Å². The molecule has 0 spiro atoms. The van der Waals surface area contributed by atoms with Crippen LogP contribution in [0.3, 0.4) is 0 Å². The Labute approximate surface area is 108 Å². The first kappa shape index (κ1) is 13.5. The van der Waals surface area contributed by atoms with E-state index in [2.05, 4.69) is 10.0 Å². The molecule has 1 aromatic carbocycles. The summed E-state index contributed by atoms with van der Waals surface area (Å²) in [7, 11) is -1.80. The van der Waals surface area contributed by atoms with Crippen molar-refractivity contribution in [2.75, 3.05) is 20.3 Å². The lowest BCUT2D eigenvalue weighted by atomic mass is 10.1. The quantitative estimate of drug-likeness (QED) is 0.743. The van der Waals surface area contributed by atoms with Crippen LogP contribution in [0.4, 0.5) is 0 Å². The summed E-state index contributed by atoms with van der Waals surface area (Å²) in [4.78, 5) is 0.336. The van der Waals surface area contributed by atoms with Crippen LogP contribution in [0.15, 0.2) is 23.1 Å². The van der Waals surface area contributed by atoms with Crippen molar-refractivity contribution in [3.63, 3.8) is 0 Å². The van der Waals surface area contributed by atoms with Gasteiger partial charge in [-0.1, -0.05) is 6.07 Å². The molecule has 1 heterocycles. The highest BCUT2D eigenvalue weighted by Gasteiger charge is 2.17. The molecule has 6 heteroatoms. The van der Waals surface area contributed by atoms with Gasteiger partial charge in [0.2, 0.25) is 10.0 Å². The third kappa shape index (κ3) is 3.08. The van der Waals surface area contributed by atoms with E-state index < -0.39 is 10.0 Å². The van der Waals surface area contributed by atoms with Crippen LogP contribution in [0.5, 0.6) is 0 Å². The Hall–Kier alpha value is -0.950. The van der Waals surface area contributed by atoms with Crippen molar-refractivity contribution in [1.82, 2.24) is 10.0 Å². The number of methoxy groups -OCH3 is 1. The van der Waals surface area contributed by atoms with Crippen LogP contribution in [-0.4, -0.2) is 28.7 Å². The van der Waals surface area contributed by atoms with Gasteiger partial charge in [0.15, 0.2) is 0 Å². The predicted octanol–water partition coefficient (Wildman–Crippen LogP) is 0.605. The summed E-state index contributed by atoms with van der Waals surface area (Å²) in [5, 5.41) is 3.19. The topological polar surface area (TPSA) is 67.4 Å². The van der Waals surface area contributed by atoms with Crippen molar-refractivity contribution < 1.29 is 13.2 Å². The molecule has 0 unspecified atom stereocenters. The summed E-state index contributed by atoms with van der Waals surface area (Å²) in [5.74, 6) is 0. The van der Waals surface area contributed by atoms with Crippen LogP contribution in [0.25, 0.3) is 0 Å². The molecule has 2 N–H and O–H groups in total. The molecule has 0 atom stereocenters. The van der Waals surface area contributed by atoms with Gasteiger partial charge in [0.05, 0.1) is 4.90 Å². The predicted molar refractivity (Wildman–Crippen MR) is 68.7 cm³/mol. The van der Waals surface area contributed by atoms with Gasteiger partial charge in [0, 0.05) is 33.4 Å². The molecular weight excluding hydrogens is 252 g/mol. The largest absolute Gasteiger partial charge is 0.385 e. The minimum absolute atomic E-state index is 0.336. The molecule has 100 valence electrons. The SMILES string of the molecule is COCCCNS(=O)(=O)c1ccc2c(c1)CNC2. The van der Waals surface area contributed by atoms with E-state index in [-0.39, 0.29) is 0 Å². The molecule has 5 nitrogen and oxygen atoms in total. The maximum atomic E-state index is 12.0. The summed E-state index contributed by atoms with van der Waals surface area (Å²) in [6.07, 6.45) is 0.669. The number of ether oxygens (including phenoxy) is 1. The van der Waals surface area contributed by atoms with Crippen LogP contribution in [0.2, 0.25) is 0 Å². The maximum Gasteiger partial charge on any atom is 0.240 e. The standard InChI is InChI=1S/C12H18N2O3S/c1-17-6-2-5-14-18(15,16)12-4-3-10-8-13-9-11(10)7-12/h3-4,7,13-14H,2,5-6,8-9H2,1H3. The van der Waals surface area contributed by atoms with E-state index >= 15 is 0 Å². The minimum Gasteiger partial charge on any atom is -0.385 e. The molecule has 0 saturated heterocycles.